The number of aromatic nitrogens is 4. The summed E-state index contributed by atoms with van der Waals surface area (Å²) in [4.78, 5) is 20.3. The summed E-state index contributed by atoms with van der Waals surface area (Å²) in [5.74, 6) is 1.01. The third-order valence-electron chi connectivity index (χ3n) is 3.27. The summed E-state index contributed by atoms with van der Waals surface area (Å²) in [6.45, 7) is 0.890. The van der Waals surface area contributed by atoms with Crippen LogP contribution >= 0.6 is 11.8 Å². The molecule has 1 N–H and O–H groups in total. The van der Waals surface area contributed by atoms with E-state index in [1.54, 1.807) is 10.9 Å². The summed E-state index contributed by atoms with van der Waals surface area (Å²) in [5, 5.41) is 8.59. The van der Waals surface area contributed by atoms with E-state index in [1.807, 2.05) is 37.4 Å². The zero-order chi connectivity index (χ0) is 16.8. The SMILES string of the molecule is Cn1ncc2c(SCC(=O)NCCOc3ccccc3)ncnc21. The summed E-state index contributed by atoms with van der Waals surface area (Å²) in [7, 11) is 1.82. The van der Waals surface area contributed by atoms with Crippen LogP contribution in [0.2, 0.25) is 0 Å². The molecule has 7 nitrogen and oxygen atoms in total. The molecule has 0 saturated heterocycles. The third-order valence-corrected chi connectivity index (χ3v) is 4.27. The van der Waals surface area contributed by atoms with Crippen molar-refractivity contribution in [2.45, 2.75) is 5.03 Å². The van der Waals surface area contributed by atoms with Crippen LogP contribution in [0.4, 0.5) is 0 Å². The van der Waals surface area contributed by atoms with Crippen LogP contribution in [0.25, 0.3) is 11.0 Å². The fraction of sp³-hybridized carbons (Fsp3) is 0.250. The third kappa shape index (κ3) is 4.02. The lowest BCUT2D eigenvalue weighted by molar-refractivity contribution is -0.118. The van der Waals surface area contributed by atoms with Crippen LogP contribution in [0.3, 0.4) is 0 Å². The number of carbonyl (C=O) groups is 1. The second-order valence-electron chi connectivity index (χ2n) is 4.98. The van der Waals surface area contributed by atoms with Crippen LogP contribution in [0.5, 0.6) is 5.75 Å². The molecule has 0 saturated carbocycles. The van der Waals surface area contributed by atoms with Gasteiger partial charge in [0, 0.05) is 7.05 Å². The normalized spacial score (nSPS) is 10.7. The molecule has 0 aliphatic carbocycles. The predicted octanol–water partition coefficient (Wildman–Crippen LogP) is 1.65. The van der Waals surface area contributed by atoms with E-state index < -0.39 is 0 Å². The van der Waals surface area contributed by atoms with Crippen LogP contribution in [0.1, 0.15) is 0 Å². The fourth-order valence-corrected chi connectivity index (χ4v) is 2.91. The highest BCUT2D eigenvalue weighted by molar-refractivity contribution is 8.00. The molecule has 3 rings (SSSR count). The van der Waals surface area contributed by atoms with Gasteiger partial charge in [-0.2, -0.15) is 5.10 Å². The van der Waals surface area contributed by atoms with Gasteiger partial charge in [-0.25, -0.2) is 9.97 Å². The molecule has 0 atom stereocenters. The fourth-order valence-electron chi connectivity index (χ4n) is 2.12. The van der Waals surface area contributed by atoms with Gasteiger partial charge in [-0.3, -0.25) is 9.48 Å². The number of para-hydroxylation sites is 1. The predicted molar refractivity (Wildman–Crippen MR) is 92.0 cm³/mol. The van der Waals surface area contributed by atoms with Crippen molar-refractivity contribution in [1.82, 2.24) is 25.1 Å². The number of nitrogens with zero attached hydrogens (tertiary/aromatic N) is 4. The van der Waals surface area contributed by atoms with Crippen molar-refractivity contribution in [3.8, 4) is 5.75 Å². The average Bonchev–Trinajstić information content (AvgIpc) is 3.00. The van der Waals surface area contributed by atoms with Crippen LogP contribution in [-0.2, 0) is 11.8 Å². The highest BCUT2D eigenvalue weighted by Crippen LogP contribution is 2.23. The minimum Gasteiger partial charge on any atom is -0.492 e. The lowest BCUT2D eigenvalue weighted by Gasteiger charge is -2.07. The lowest BCUT2D eigenvalue weighted by atomic mass is 10.3. The van der Waals surface area contributed by atoms with Crippen molar-refractivity contribution in [3.05, 3.63) is 42.9 Å². The van der Waals surface area contributed by atoms with Crippen molar-refractivity contribution >= 4 is 28.7 Å². The van der Waals surface area contributed by atoms with Crippen LogP contribution in [-0.4, -0.2) is 44.6 Å². The van der Waals surface area contributed by atoms with E-state index >= 15 is 0 Å². The molecule has 0 fully saturated rings. The monoisotopic (exact) mass is 343 g/mol. The van der Waals surface area contributed by atoms with E-state index in [0.717, 1.165) is 21.8 Å². The maximum Gasteiger partial charge on any atom is 0.230 e. The molecule has 0 aliphatic rings. The number of nitrogens with one attached hydrogen (secondary N) is 1. The molecule has 8 heteroatoms. The Morgan fingerprint density at radius 3 is 2.96 bits per heavy atom. The first-order chi connectivity index (χ1) is 11.7. The highest BCUT2D eigenvalue weighted by atomic mass is 32.2. The van der Waals surface area contributed by atoms with Gasteiger partial charge in [0.15, 0.2) is 5.65 Å². The molecular weight excluding hydrogens is 326 g/mol. The molecule has 0 spiro atoms. The van der Waals surface area contributed by atoms with E-state index in [4.69, 9.17) is 4.74 Å². The Labute approximate surface area is 143 Å². The van der Waals surface area contributed by atoms with Gasteiger partial charge in [0.1, 0.15) is 23.7 Å². The highest BCUT2D eigenvalue weighted by Gasteiger charge is 2.10. The topological polar surface area (TPSA) is 81.9 Å². The van der Waals surface area contributed by atoms with Gasteiger partial charge < -0.3 is 10.1 Å². The van der Waals surface area contributed by atoms with Crippen molar-refractivity contribution < 1.29 is 9.53 Å². The minimum absolute atomic E-state index is 0.0627. The van der Waals surface area contributed by atoms with Gasteiger partial charge in [0.05, 0.1) is 23.9 Å². The summed E-state index contributed by atoms with van der Waals surface area (Å²) in [5.41, 5.74) is 0.754. The lowest BCUT2D eigenvalue weighted by Crippen LogP contribution is -2.29. The van der Waals surface area contributed by atoms with Crippen LogP contribution in [0.15, 0.2) is 47.9 Å². The van der Waals surface area contributed by atoms with Gasteiger partial charge in [-0.1, -0.05) is 30.0 Å². The number of fused-ring (bicyclic) bond motifs is 1. The Hall–Kier alpha value is -2.61. The average molecular weight is 343 g/mol. The number of thioether (sulfide) groups is 1. The zero-order valence-corrected chi connectivity index (χ0v) is 14.0. The van der Waals surface area contributed by atoms with Crippen molar-refractivity contribution in [3.63, 3.8) is 0 Å². The molecular formula is C16H17N5O2S. The number of benzene rings is 1. The van der Waals surface area contributed by atoms with Gasteiger partial charge in [-0.15, -0.1) is 0 Å². The van der Waals surface area contributed by atoms with E-state index in [2.05, 4.69) is 20.4 Å². The quantitative estimate of drug-likeness (QED) is 0.399. The Bertz CT molecular complexity index is 822. The Morgan fingerprint density at radius 2 is 2.12 bits per heavy atom. The summed E-state index contributed by atoms with van der Waals surface area (Å²) in [6.07, 6.45) is 3.20. The number of amides is 1. The number of hydrogen-bond acceptors (Lipinski definition) is 6. The summed E-state index contributed by atoms with van der Waals surface area (Å²) in [6, 6.07) is 9.51. The number of carbonyl (C=O) groups excluding carboxylic acids is 1. The Balaban J connectivity index is 1.44. The van der Waals surface area contributed by atoms with Gasteiger partial charge in [0.25, 0.3) is 0 Å². The van der Waals surface area contributed by atoms with Crippen molar-refractivity contribution in [2.24, 2.45) is 7.05 Å². The van der Waals surface area contributed by atoms with Crippen molar-refractivity contribution in [1.29, 1.82) is 0 Å². The van der Waals surface area contributed by atoms with Crippen LogP contribution < -0.4 is 10.1 Å². The molecule has 0 unspecified atom stereocenters. The van der Waals surface area contributed by atoms with E-state index in [-0.39, 0.29) is 11.7 Å². The van der Waals surface area contributed by atoms with E-state index in [0.29, 0.717) is 13.2 Å². The number of hydrogen-bond donors (Lipinski definition) is 1. The first-order valence-electron chi connectivity index (χ1n) is 7.44. The molecule has 0 radical (unpaired) electrons. The second-order valence-corrected chi connectivity index (χ2v) is 5.95. The molecule has 0 aliphatic heterocycles. The summed E-state index contributed by atoms with van der Waals surface area (Å²) >= 11 is 1.37. The van der Waals surface area contributed by atoms with E-state index in [9.17, 15) is 4.79 Å². The number of aryl methyl sites for hydroxylation is 1. The standard InChI is InChI=1S/C16H17N5O2S/c1-21-15-13(9-20-21)16(19-11-18-15)24-10-14(22)17-7-8-23-12-5-3-2-4-6-12/h2-6,9,11H,7-8,10H2,1H3,(H,17,22). The second kappa shape index (κ2) is 7.78. The molecule has 124 valence electrons. The maximum atomic E-state index is 11.9. The zero-order valence-electron chi connectivity index (χ0n) is 13.2. The Morgan fingerprint density at radius 1 is 1.29 bits per heavy atom. The smallest absolute Gasteiger partial charge is 0.230 e. The molecule has 0 bridgehead atoms. The molecule has 2 aromatic heterocycles. The maximum absolute atomic E-state index is 11.9. The number of rotatable bonds is 7. The first-order valence-corrected chi connectivity index (χ1v) is 8.42. The molecule has 3 aromatic rings. The Kier molecular flexibility index (Phi) is 5.27. The molecule has 1 aromatic carbocycles. The van der Waals surface area contributed by atoms with Crippen molar-refractivity contribution in [2.75, 3.05) is 18.9 Å². The van der Waals surface area contributed by atoms with Crippen LogP contribution in [0, 0.1) is 0 Å². The number of ether oxygens (including phenoxy) is 1. The minimum atomic E-state index is -0.0627. The van der Waals surface area contributed by atoms with Gasteiger partial charge >= 0.3 is 0 Å². The molecule has 1 amide bonds. The molecule has 24 heavy (non-hydrogen) atoms. The van der Waals surface area contributed by atoms with E-state index in [1.165, 1.54) is 18.1 Å². The largest absolute Gasteiger partial charge is 0.492 e. The van der Waals surface area contributed by atoms with Gasteiger partial charge in [0.2, 0.25) is 5.91 Å². The van der Waals surface area contributed by atoms with Gasteiger partial charge in [-0.05, 0) is 12.1 Å². The molecule has 2 heterocycles. The first kappa shape index (κ1) is 16.3. The summed E-state index contributed by atoms with van der Waals surface area (Å²) < 4.78 is 7.21.